The molecule has 0 radical (unpaired) electrons. The molecule has 0 fully saturated rings. The van der Waals surface area contributed by atoms with E-state index in [0.29, 0.717) is 23.9 Å². The van der Waals surface area contributed by atoms with E-state index < -0.39 is 10.0 Å². The first-order chi connectivity index (χ1) is 13.5. The number of nitrogens with zero attached hydrogens (tertiary/aromatic N) is 4. The molecule has 4 rings (SSSR count). The first-order valence-electron chi connectivity index (χ1n) is 9.32. The highest BCUT2D eigenvalue weighted by molar-refractivity contribution is 7.89. The molecule has 28 heavy (non-hydrogen) atoms. The van der Waals surface area contributed by atoms with Gasteiger partial charge in [-0.3, -0.25) is 0 Å². The minimum Gasteiger partial charge on any atom is -0.310 e. The molecule has 146 valence electrons. The summed E-state index contributed by atoms with van der Waals surface area (Å²) in [5.74, 6) is 0.643. The van der Waals surface area contributed by atoms with E-state index in [2.05, 4.69) is 9.88 Å². The molecule has 6 nitrogen and oxygen atoms in total. The lowest BCUT2D eigenvalue weighted by molar-refractivity contribution is 0.445. The predicted molar refractivity (Wildman–Crippen MR) is 113 cm³/mol. The van der Waals surface area contributed by atoms with Crippen LogP contribution in [-0.2, 0) is 16.4 Å². The molecule has 0 bridgehead atoms. The number of fused-ring (bicyclic) bond motifs is 1. The maximum atomic E-state index is 12.8. The number of rotatable bonds is 6. The lowest BCUT2D eigenvalue weighted by atomic mass is 10.2. The van der Waals surface area contributed by atoms with Gasteiger partial charge in [0.1, 0.15) is 0 Å². The van der Waals surface area contributed by atoms with E-state index in [1.165, 1.54) is 4.31 Å². The molecular formula is C20H22N4O2S2. The van der Waals surface area contributed by atoms with Gasteiger partial charge in [-0.2, -0.15) is 4.31 Å². The van der Waals surface area contributed by atoms with E-state index >= 15 is 0 Å². The van der Waals surface area contributed by atoms with Crippen molar-refractivity contribution < 1.29 is 8.42 Å². The van der Waals surface area contributed by atoms with Gasteiger partial charge < -0.3 is 4.90 Å². The molecule has 0 unspecified atom stereocenters. The number of aromatic nitrogens is 2. The Balaban J connectivity index is 1.67. The third kappa shape index (κ3) is 3.32. The Morgan fingerprint density at radius 2 is 2.00 bits per heavy atom. The van der Waals surface area contributed by atoms with Crippen LogP contribution in [-0.4, -0.2) is 42.3 Å². The van der Waals surface area contributed by atoms with E-state index in [-0.39, 0.29) is 0 Å². The first-order valence-corrected chi connectivity index (χ1v) is 11.6. The highest BCUT2D eigenvalue weighted by Crippen LogP contribution is 2.35. The molecule has 0 aliphatic carbocycles. The average molecular weight is 415 g/mol. The number of thiophene rings is 1. The standard InChI is InChI=1S/C20H22N4O2S2/c1-3-23(4-2)28(25,26)16-7-8-18-15(14-16)10-12-24(18)20-21-11-9-17(22-20)19-6-5-13-27-19/h5-9,11,13-14H,3-4,10,12H2,1-2H3. The Kier molecular flexibility index (Phi) is 5.18. The van der Waals surface area contributed by atoms with Crippen LogP contribution in [0.25, 0.3) is 10.6 Å². The fraction of sp³-hybridized carbons (Fsp3) is 0.300. The lowest BCUT2D eigenvalue weighted by Crippen LogP contribution is -2.30. The summed E-state index contributed by atoms with van der Waals surface area (Å²) >= 11 is 1.64. The third-order valence-corrected chi connectivity index (χ3v) is 7.89. The molecule has 3 heterocycles. The molecule has 3 aromatic rings. The zero-order valence-corrected chi connectivity index (χ0v) is 17.5. The van der Waals surface area contributed by atoms with Crippen molar-refractivity contribution in [3.63, 3.8) is 0 Å². The molecule has 0 saturated heterocycles. The van der Waals surface area contributed by atoms with Crippen LogP contribution in [0, 0.1) is 0 Å². The summed E-state index contributed by atoms with van der Waals surface area (Å²) in [4.78, 5) is 12.7. The van der Waals surface area contributed by atoms with Gasteiger partial charge in [0.2, 0.25) is 16.0 Å². The van der Waals surface area contributed by atoms with Crippen molar-refractivity contribution >= 4 is 33.0 Å². The van der Waals surface area contributed by atoms with Crippen LogP contribution in [0.2, 0.25) is 0 Å². The minimum atomic E-state index is -3.46. The molecule has 8 heteroatoms. The fourth-order valence-electron chi connectivity index (χ4n) is 3.50. The van der Waals surface area contributed by atoms with Crippen molar-refractivity contribution in [2.75, 3.05) is 24.5 Å². The van der Waals surface area contributed by atoms with Gasteiger partial charge in [0.05, 0.1) is 15.5 Å². The zero-order valence-electron chi connectivity index (χ0n) is 15.9. The van der Waals surface area contributed by atoms with Crippen molar-refractivity contribution in [3.05, 3.63) is 53.5 Å². The Morgan fingerprint density at radius 3 is 2.71 bits per heavy atom. The minimum absolute atomic E-state index is 0.352. The van der Waals surface area contributed by atoms with Gasteiger partial charge in [0, 0.05) is 31.5 Å². The maximum absolute atomic E-state index is 12.8. The highest BCUT2D eigenvalue weighted by atomic mass is 32.2. The van der Waals surface area contributed by atoms with Gasteiger partial charge in [-0.05, 0) is 47.7 Å². The Morgan fingerprint density at radius 1 is 1.18 bits per heavy atom. The van der Waals surface area contributed by atoms with E-state index in [1.54, 1.807) is 29.7 Å². The molecule has 1 aromatic carbocycles. The Bertz CT molecular complexity index is 1080. The van der Waals surface area contributed by atoms with Gasteiger partial charge in [0.15, 0.2) is 0 Å². The molecule has 1 aliphatic rings. The van der Waals surface area contributed by atoms with Gasteiger partial charge in [0.25, 0.3) is 0 Å². The normalized spacial score (nSPS) is 13.9. The summed E-state index contributed by atoms with van der Waals surface area (Å²) in [6.45, 7) is 5.37. The van der Waals surface area contributed by atoms with Crippen molar-refractivity contribution in [2.24, 2.45) is 0 Å². The number of sulfonamides is 1. The lowest BCUT2D eigenvalue weighted by Gasteiger charge is -2.20. The average Bonchev–Trinajstić information content (AvgIpc) is 3.38. The van der Waals surface area contributed by atoms with Crippen molar-refractivity contribution in [3.8, 4) is 10.6 Å². The van der Waals surface area contributed by atoms with Crippen LogP contribution in [0.1, 0.15) is 19.4 Å². The van der Waals surface area contributed by atoms with Gasteiger partial charge in [-0.25, -0.2) is 18.4 Å². The Labute approximate surface area is 169 Å². The van der Waals surface area contributed by atoms with Gasteiger partial charge in [-0.15, -0.1) is 11.3 Å². The van der Waals surface area contributed by atoms with Crippen LogP contribution in [0.5, 0.6) is 0 Å². The largest absolute Gasteiger partial charge is 0.310 e. The zero-order chi connectivity index (χ0) is 19.7. The third-order valence-electron chi connectivity index (χ3n) is 4.95. The summed E-state index contributed by atoms with van der Waals surface area (Å²) in [5.41, 5.74) is 2.88. The summed E-state index contributed by atoms with van der Waals surface area (Å²) in [6, 6.07) is 11.3. The number of benzene rings is 1. The number of hydrogen-bond acceptors (Lipinski definition) is 6. The highest BCUT2D eigenvalue weighted by Gasteiger charge is 2.27. The van der Waals surface area contributed by atoms with Crippen LogP contribution in [0.3, 0.4) is 0 Å². The predicted octanol–water partition coefficient (Wildman–Crippen LogP) is 3.93. The van der Waals surface area contributed by atoms with Crippen molar-refractivity contribution in [1.29, 1.82) is 0 Å². The molecule has 0 N–H and O–H groups in total. The molecule has 1 aliphatic heterocycles. The molecule has 0 amide bonds. The quantitative estimate of drug-likeness (QED) is 0.611. The van der Waals surface area contributed by atoms with E-state index in [1.807, 2.05) is 43.5 Å². The number of anilines is 2. The SMILES string of the molecule is CCN(CC)S(=O)(=O)c1ccc2c(c1)CCN2c1nccc(-c2cccs2)n1. The van der Waals surface area contributed by atoms with Crippen molar-refractivity contribution in [2.45, 2.75) is 25.2 Å². The van der Waals surface area contributed by atoms with Crippen LogP contribution in [0.4, 0.5) is 11.6 Å². The second-order valence-corrected chi connectivity index (χ2v) is 9.39. The van der Waals surface area contributed by atoms with Gasteiger partial charge in [-0.1, -0.05) is 19.9 Å². The van der Waals surface area contributed by atoms with E-state index in [0.717, 1.165) is 34.8 Å². The van der Waals surface area contributed by atoms with E-state index in [9.17, 15) is 8.42 Å². The maximum Gasteiger partial charge on any atom is 0.243 e. The molecular weight excluding hydrogens is 392 g/mol. The monoisotopic (exact) mass is 414 g/mol. The van der Waals surface area contributed by atoms with E-state index in [4.69, 9.17) is 4.98 Å². The molecule has 0 atom stereocenters. The van der Waals surface area contributed by atoms with Gasteiger partial charge >= 0.3 is 0 Å². The molecule has 0 saturated carbocycles. The summed E-state index contributed by atoms with van der Waals surface area (Å²) < 4.78 is 27.1. The second kappa shape index (κ2) is 7.62. The second-order valence-electron chi connectivity index (χ2n) is 6.50. The molecule has 0 spiro atoms. The van der Waals surface area contributed by atoms with Crippen LogP contribution in [0.15, 0.2) is 52.9 Å². The summed E-state index contributed by atoms with van der Waals surface area (Å²) in [7, 11) is -3.46. The molecule has 2 aromatic heterocycles. The van der Waals surface area contributed by atoms with Crippen LogP contribution < -0.4 is 4.90 Å². The fourth-order valence-corrected chi connectivity index (χ4v) is 5.70. The number of hydrogen-bond donors (Lipinski definition) is 0. The Hall–Kier alpha value is -2.29. The summed E-state index contributed by atoms with van der Waals surface area (Å²) in [6.07, 6.45) is 2.54. The van der Waals surface area contributed by atoms with Crippen molar-refractivity contribution in [1.82, 2.24) is 14.3 Å². The first kappa shape index (κ1) is 19.0. The van der Waals surface area contributed by atoms with Crippen LogP contribution >= 0.6 is 11.3 Å². The topological polar surface area (TPSA) is 66.4 Å². The smallest absolute Gasteiger partial charge is 0.243 e. The summed E-state index contributed by atoms with van der Waals surface area (Å²) in [5, 5.41) is 2.03.